The Bertz CT molecular complexity index is 241. The molecule has 2 heteroatoms. The van der Waals surface area contributed by atoms with Gasteiger partial charge in [0.25, 0.3) is 0 Å². The van der Waals surface area contributed by atoms with Crippen molar-refractivity contribution in [2.45, 2.75) is 77.4 Å². The van der Waals surface area contributed by atoms with Crippen LogP contribution in [0.4, 0.5) is 0 Å². The second-order valence-electron chi connectivity index (χ2n) is 6.41. The van der Waals surface area contributed by atoms with Gasteiger partial charge in [0.2, 0.25) is 0 Å². The van der Waals surface area contributed by atoms with Crippen molar-refractivity contribution < 1.29 is 4.74 Å². The molecule has 0 saturated heterocycles. The molecule has 0 aromatic heterocycles. The standard InChI is InChI=1S/C16H31NO/c1-4-17-15(14-7-6-8-14)16(18-5-2)11-9-13(3)10-12-16/h13-15,17H,4-12H2,1-3H3. The van der Waals surface area contributed by atoms with E-state index < -0.39 is 0 Å². The molecule has 0 spiro atoms. The molecule has 0 bridgehead atoms. The lowest BCUT2D eigenvalue weighted by Crippen LogP contribution is -2.59. The molecular formula is C16H31NO. The molecule has 18 heavy (non-hydrogen) atoms. The van der Waals surface area contributed by atoms with Crippen LogP contribution in [0, 0.1) is 11.8 Å². The number of hydrogen-bond donors (Lipinski definition) is 1. The number of hydrogen-bond acceptors (Lipinski definition) is 2. The fourth-order valence-corrected chi connectivity index (χ4v) is 3.86. The highest BCUT2D eigenvalue weighted by molar-refractivity contribution is 5.01. The summed E-state index contributed by atoms with van der Waals surface area (Å²) in [6.45, 7) is 8.72. The van der Waals surface area contributed by atoms with Crippen LogP contribution in [0.15, 0.2) is 0 Å². The smallest absolute Gasteiger partial charge is 0.0837 e. The predicted molar refractivity (Wildman–Crippen MR) is 76.8 cm³/mol. The average Bonchev–Trinajstić information content (AvgIpc) is 2.30. The topological polar surface area (TPSA) is 21.3 Å². The predicted octanol–water partition coefficient (Wildman–Crippen LogP) is 3.75. The molecule has 0 heterocycles. The third-order valence-corrected chi connectivity index (χ3v) is 5.16. The molecule has 0 radical (unpaired) electrons. The number of likely N-dealkylation sites (N-methyl/N-ethyl adjacent to an activating group) is 1. The molecule has 2 aliphatic carbocycles. The van der Waals surface area contributed by atoms with Gasteiger partial charge < -0.3 is 10.1 Å². The summed E-state index contributed by atoms with van der Waals surface area (Å²) >= 11 is 0. The Labute approximate surface area is 113 Å². The van der Waals surface area contributed by atoms with E-state index in [9.17, 15) is 0 Å². The third-order valence-electron chi connectivity index (χ3n) is 5.16. The zero-order valence-corrected chi connectivity index (χ0v) is 12.5. The summed E-state index contributed by atoms with van der Waals surface area (Å²) < 4.78 is 6.33. The van der Waals surface area contributed by atoms with Crippen molar-refractivity contribution in [3.05, 3.63) is 0 Å². The van der Waals surface area contributed by atoms with E-state index in [1.165, 1.54) is 44.9 Å². The second kappa shape index (κ2) is 6.38. The quantitative estimate of drug-likeness (QED) is 0.778. The molecule has 0 amide bonds. The number of nitrogens with one attached hydrogen (secondary N) is 1. The largest absolute Gasteiger partial charge is 0.374 e. The first-order chi connectivity index (χ1) is 8.72. The third kappa shape index (κ3) is 2.91. The van der Waals surface area contributed by atoms with Crippen molar-refractivity contribution in [2.24, 2.45) is 11.8 Å². The Morgan fingerprint density at radius 2 is 1.83 bits per heavy atom. The summed E-state index contributed by atoms with van der Waals surface area (Å²) in [7, 11) is 0. The molecular weight excluding hydrogens is 222 g/mol. The van der Waals surface area contributed by atoms with Crippen LogP contribution in [-0.4, -0.2) is 24.8 Å². The summed E-state index contributed by atoms with van der Waals surface area (Å²) in [5.41, 5.74) is 0.141. The Balaban J connectivity index is 2.09. The van der Waals surface area contributed by atoms with E-state index >= 15 is 0 Å². The molecule has 1 atom stereocenters. The van der Waals surface area contributed by atoms with Gasteiger partial charge in [-0.25, -0.2) is 0 Å². The van der Waals surface area contributed by atoms with Crippen molar-refractivity contribution in [1.29, 1.82) is 0 Å². The first-order valence-corrected chi connectivity index (χ1v) is 8.09. The Hall–Kier alpha value is -0.0800. The maximum atomic E-state index is 6.33. The molecule has 106 valence electrons. The van der Waals surface area contributed by atoms with Gasteiger partial charge >= 0.3 is 0 Å². The van der Waals surface area contributed by atoms with Crippen LogP contribution in [0.1, 0.15) is 65.7 Å². The zero-order valence-electron chi connectivity index (χ0n) is 12.5. The second-order valence-corrected chi connectivity index (χ2v) is 6.41. The van der Waals surface area contributed by atoms with Crippen LogP contribution in [0.2, 0.25) is 0 Å². The van der Waals surface area contributed by atoms with E-state index in [0.29, 0.717) is 6.04 Å². The first-order valence-electron chi connectivity index (χ1n) is 8.09. The first kappa shape index (κ1) is 14.3. The van der Waals surface area contributed by atoms with Crippen molar-refractivity contribution >= 4 is 0 Å². The SMILES string of the molecule is CCNC(C1CCC1)C1(OCC)CCC(C)CC1. The van der Waals surface area contributed by atoms with Gasteiger partial charge in [-0.15, -0.1) is 0 Å². The molecule has 1 unspecified atom stereocenters. The minimum absolute atomic E-state index is 0.141. The maximum Gasteiger partial charge on any atom is 0.0837 e. The average molecular weight is 253 g/mol. The van der Waals surface area contributed by atoms with E-state index in [0.717, 1.165) is 25.0 Å². The minimum atomic E-state index is 0.141. The van der Waals surface area contributed by atoms with Crippen LogP contribution in [0.25, 0.3) is 0 Å². The molecule has 0 aliphatic heterocycles. The summed E-state index contributed by atoms with van der Waals surface area (Å²) in [5, 5.41) is 3.77. The minimum Gasteiger partial charge on any atom is -0.374 e. The highest BCUT2D eigenvalue weighted by Gasteiger charge is 2.46. The molecule has 1 N–H and O–H groups in total. The van der Waals surface area contributed by atoms with Crippen LogP contribution in [0.3, 0.4) is 0 Å². The molecule has 2 saturated carbocycles. The van der Waals surface area contributed by atoms with Gasteiger partial charge in [-0.3, -0.25) is 0 Å². The van der Waals surface area contributed by atoms with Gasteiger partial charge in [0, 0.05) is 12.6 Å². The lowest BCUT2D eigenvalue weighted by atomic mass is 9.66. The van der Waals surface area contributed by atoms with Gasteiger partial charge in [0.05, 0.1) is 5.60 Å². The van der Waals surface area contributed by atoms with Crippen molar-refractivity contribution in [3.63, 3.8) is 0 Å². The van der Waals surface area contributed by atoms with Gasteiger partial charge in [-0.05, 0) is 63.8 Å². The van der Waals surface area contributed by atoms with E-state index in [4.69, 9.17) is 4.74 Å². The van der Waals surface area contributed by atoms with Crippen molar-refractivity contribution in [3.8, 4) is 0 Å². The van der Waals surface area contributed by atoms with Gasteiger partial charge in [-0.1, -0.05) is 20.3 Å². The molecule has 2 aliphatic rings. The summed E-state index contributed by atoms with van der Waals surface area (Å²) in [6.07, 6.45) is 9.44. The Morgan fingerprint density at radius 1 is 1.17 bits per heavy atom. The Kier molecular flexibility index (Phi) is 5.08. The van der Waals surface area contributed by atoms with Crippen molar-refractivity contribution in [2.75, 3.05) is 13.2 Å². The fourth-order valence-electron chi connectivity index (χ4n) is 3.86. The van der Waals surface area contributed by atoms with Crippen LogP contribution >= 0.6 is 0 Å². The molecule has 2 rings (SSSR count). The highest BCUT2D eigenvalue weighted by Crippen LogP contribution is 2.43. The van der Waals surface area contributed by atoms with Crippen LogP contribution in [-0.2, 0) is 4.74 Å². The summed E-state index contributed by atoms with van der Waals surface area (Å²) in [4.78, 5) is 0. The molecule has 0 aromatic rings. The van der Waals surface area contributed by atoms with Crippen LogP contribution in [0.5, 0.6) is 0 Å². The maximum absolute atomic E-state index is 6.33. The van der Waals surface area contributed by atoms with Gasteiger partial charge in [-0.2, -0.15) is 0 Å². The summed E-state index contributed by atoms with van der Waals surface area (Å²) in [6, 6.07) is 0.601. The number of ether oxygens (including phenoxy) is 1. The molecule has 0 aromatic carbocycles. The lowest BCUT2D eigenvalue weighted by molar-refractivity contribution is -0.115. The lowest BCUT2D eigenvalue weighted by Gasteiger charge is -2.50. The normalized spacial score (nSPS) is 35.2. The van der Waals surface area contributed by atoms with E-state index in [1.807, 2.05) is 0 Å². The van der Waals surface area contributed by atoms with Gasteiger partial charge in [0.15, 0.2) is 0 Å². The van der Waals surface area contributed by atoms with Crippen molar-refractivity contribution in [1.82, 2.24) is 5.32 Å². The zero-order chi connectivity index (χ0) is 13.0. The molecule has 2 fully saturated rings. The van der Waals surface area contributed by atoms with Crippen LogP contribution < -0.4 is 5.32 Å². The monoisotopic (exact) mass is 253 g/mol. The number of rotatable bonds is 6. The fraction of sp³-hybridized carbons (Fsp3) is 1.00. The van der Waals surface area contributed by atoms with Gasteiger partial charge in [0.1, 0.15) is 0 Å². The highest BCUT2D eigenvalue weighted by atomic mass is 16.5. The van der Waals surface area contributed by atoms with E-state index in [-0.39, 0.29) is 5.60 Å². The Morgan fingerprint density at radius 3 is 2.28 bits per heavy atom. The van der Waals surface area contributed by atoms with E-state index in [2.05, 4.69) is 26.1 Å². The molecule has 2 nitrogen and oxygen atoms in total. The van der Waals surface area contributed by atoms with E-state index in [1.54, 1.807) is 0 Å². The summed E-state index contributed by atoms with van der Waals surface area (Å²) in [5.74, 6) is 1.76.